The molecule has 2 N–H and O–H groups in total. The fourth-order valence-corrected chi connectivity index (χ4v) is 2.26. The normalized spacial score (nSPS) is 10.3. The van der Waals surface area contributed by atoms with Crippen LogP contribution in [-0.4, -0.2) is 19.1 Å². The van der Waals surface area contributed by atoms with Gasteiger partial charge < -0.3 is 10.6 Å². The van der Waals surface area contributed by atoms with E-state index in [9.17, 15) is 9.18 Å². The Labute approximate surface area is 130 Å². The van der Waals surface area contributed by atoms with Crippen molar-refractivity contribution in [3.8, 4) is 0 Å². The Bertz CT molecular complexity index is 574. The van der Waals surface area contributed by atoms with E-state index in [0.717, 1.165) is 12.0 Å². The minimum absolute atomic E-state index is 0.191. The van der Waals surface area contributed by atoms with Crippen LogP contribution in [0.15, 0.2) is 48.5 Å². The highest BCUT2D eigenvalue weighted by atomic mass is 19.1. The van der Waals surface area contributed by atoms with Gasteiger partial charge in [-0.3, -0.25) is 0 Å². The summed E-state index contributed by atoms with van der Waals surface area (Å²) in [5.41, 5.74) is 3.30. The summed E-state index contributed by atoms with van der Waals surface area (Å²) < 4.78 is 13.0. The third-order valence-corrected chi connectivity index (χ3v) is 3.37. The molecule has 0 aliphatic carbocycles. The van der Waals surface area contributed by atoms with Crippen molar-refractivity contribution in [1.82, 2.24) is 10.6 Å². The standard InChI is InChI=1S/C18H21FN2O/c1-14-4-2-5-15(12-14)8-10-20-18(22)21-11-9-16-6-3-7-17(19)13-16/h2-7,12-13H,8-11H2,1H3,(H2,20,21,22). The first kappa shape index (κ1) is 16.0. The number of urea groups is 1. The molecule has 0 saturated carbocycles. The van der Waals surface area contributed by atoms with Gasteiger partial charge in [-0.05, 0) is 43.0 Å². The maximum Gasteiger partial charge on any atom is 0.314 e. The summed E-state index contributed by atoms with van der Waals surface area (Å²) in [5.74, 6) is -0.250. The molecule has 0 saturated heterocycles. The van der Waals surface area contributed by atoms with E-state index in [1.165, 1.54) is 23.3 Å². The summed E-state index contributed by atoms with van der Waals surface area (Å²) in [7, 11) is 0. The van der Waals surface area contributed by atoms with Crippen LogP contribution in [0.1, 0.15) is 16.7 Å². The van der Waals surface area contributed by atoms with Crippen LogP contribution in [0.2, 0.25) is 0 Å². The van der Waals surface area contributed by atoms with Gasteiger partial charge in [-0.15, -0.1) is 0 Å². The van der Waals surface area contributed by atoms with Gasteiger partial charge >= 0.3 is 6.03 Å². The second kappa shape index (κ2) is 8.17. The molecule has 116 valence electrons. The number of hydrogen-bond donors (Lipinski definition) is 2. The molecule has 0 aliphatic heterocycles. The number of halogens is 1. The zero-order valence-corrected chi connectivity index (χ0v) is 12.7. The zero-order chi connectivity index (χ0) is 15.8. The van der Waals surface area contributed by atoms with Gasteiger partial charge in [-0.2, -0.15) is 0 Å². The smallest absolute Gasteiger partial charge is 0.314 e. The van der Waals surface area contributed by atoms with E-state index in [1.54, 1.807) is 6.07 Å². The molecule has 0 radical (unpaired) electrons. The van der Waals surface area contributed by atoms with Gasteiger partial charge in [-0.1, -0.05) is 42.0 Å². The van der Waals surface area contributed by atoms with E-state index in [2.05, 4.69) is 35.8 Å². The van der Waals surface area contributed by atoms with Gasteiger partial charge in [0.15, 0.2) is 0 Å². The molecule has 2 rings (SSSR count). The fourth-order valence-electron chi connectivity index (χ4n) is 2.26. The highest BCUT2D eigenvalue weighted by Gasteiger charge is 2.01. The zero-order valence-electron chi connectivity index (χ0n) is 12.7. The van der Waals surface area contributed by atoms with Gasteiger partial charge in [0.05, 0.1) is 0 Å². The van der Waals surface area contributed by atoms with Crippen molar-refractivity contribution < 1.29 is 9.18 Å². The number of carbonyl (C=O) groups is 1. The summed E-state index contributed by atoms with van der Waals surface area (Å²) >= 11 is 0. The number of rotatable bonds is 6. The highest BCUT2D eigenvalue weighted by molar-refractivity contribution is 5.73. The van der Waals surface area contributed by atoms with Gasteiger partial charge in [0.2, 0.25) is 0 Å². The quantitative estimate of drug-likeness (QED) is 0.845. The van der Waals surface area contributed by atoms with Gasteiger partial charge in [-0.25, -0.2) is 9.18 Å². The molecule has 0 atom stereocenters. The maximum atomic E-state index is 13.0. The van der Waals surface area contributed by atoms with E-state index >= 15 is 0 Å². The van der Waals surface area contributed by atoms with E-state index in [1.807, 2.05) is 12.1 Å². The van der Waals surface area contributed by atoms with Crippen molar-refractivity contribution in [2.45, 2.75) is 19.8 Å². The monoisotopic (exact) mass is 300 g/mol. The molecule has 0 bridgehead atoms. The Balaban J connectivity index is 1.64. The second-order valence-electron chi connectivity index (χ2n) is 5.30. The number of benzene rings is 2. The van der Waals surface area contributed by atoms with E-state index < -0.39 is 0 Å². The molecule has 2 aromatic carbocycles. The Kier molecular flexibility index (Phi) is 5.95. The minimum Gasteiger partial charge on any atom is -0.338 e. The van der Waals surface area contributed by atoms with Crippen molar-refractivity contribution in [2.24, 2.45) is 0 Å². The lowest BCUT2D eigenvalue weighted by molar-refractivity contribution is 0.241. The van der Waals surface area contributed by atoms with Crippen LogP contribution >= 0.6 is 0 Å². The van der Waals surface area contributed by atoms with Gasteiger partial charge in [0, 0.05) is 13.1 Å². The number of nitrogens with one attached hydrogen (secondary N) is 2. The molecular weight excluding hydrogens is 279 g/mol. The molecule has 0 spiro atoms. The number of carbonyl (C=O) groups excluding carboxylic acids is 1. The van der Waals surface area contributed by atoms with E-state index in [4.69, 9.17) is 0 Å². The summed E-state index contributed by atoms with van der Waals surface area (Å²) in [6, 6.07) is 14.5. The average molecular weight is 300 g/mol. The minimum atomic E-state index is -0.250. The first-order chi connectivity index (χ1) is 10.6. The predicted octanol–water partition coefficient (Wildman–Crippen LogP) is 3.22. The second-order valence-corrected chi connectivity index (χ2v) is 5.30. The Morgan fingerprint density at radius 3 is 2.14 bits per heavy atom. The first-order valence-corrected chi connectivity index (χ1v) is 7.45. The fraction of sp³-hybridized carbons (Fsp3) is 0.278. The maximum absolute atomic E-state index is 13.0. The van der Waals surface area contributed by atoms with Crippen LogP contribution in [0.3, 0.4) is 0 Å². The Morgan fingerprint density at radius 1 is 0.955 bits per heavy atom. The first-order valence-electron chi connectivity index (χ1n) is 7.45. The van der Waals surface area contributed by atoms with Gasteiger partial charge in [0.25, 0.3) is 0 Å². The van der Waals surface area contributed by atoms with E-state index in [-0.39, 0.29) is 11.8 Å². The molecule has 3 nitrogen and oxygen atoms in total. The van der Waals surface area contributed by atoms with Crippen LogP contribution in [0.25, 0.3) is 0 Å². The Morgan fingerprint density at radius 2 is 1.55 bits per heavy atom. The average Bonchev–Trinajstić information content (AvgIpc) is 2.47. The number of hydrogen-bond acceptors (Lipinski definition) is 1. The molecule has 2 amide bonds. The van der Waals surface area contributed by atoms with Crippen molar-refractivity contribution in [2.75, 3.05) is 13.1 Å². The molecule has 0 aromatic heterocycles. The van der Waals surface area contributed by atoms with Crippen LogP contribution in [0.5, 0.6) is 0 Å². The Hall–Kier alpha value is -2.36. The molecule has 0 aliphatic rings. The van der Waals surface area contributed by atoms with Crippen LogP contribution in [0, 0.1) is 12.7 Å². The summed E-state index contributed by atoms with van der Waals surface area (Å²) in [6.45, 7) is 3.13. The predicted molar refractivity (Wildman–Crippen MR) is 86.4 cm³/mol. The van der Waals surface area contributed by atoms with Gasteiger partial charge in [0.1, 0.15) is 5.82 Å². The molecule has 0 heterocycles. The lowest BCUT2D eigenvalue weighted by atomic mass is 10.1. The molecule has 2 aromatic rings. The lowest BCUT2D eigenvalue weighted by Crippen LogP contribution is -2.37. The van der Waals surface area contributed by atoms with Crippen molar-refractivity contribution >= 4 is 6.03 Å². The molecular formula is C18H21FN2O. The van der Waals surface area contributed by atoms with Crippen molar-refractivity contribution in [1.29, 1.82) is 0 Å². The van der Waals surface area contributed by atoms with Crippen LogP contribution in [-0.2, 0) is 12.8 Å². The molecule has 0 unspecified atom stereocenters. The van der Waals surface area contributed by atoms with Crippen LogP contribution < -0.4 is 10.6 Å². The topological polar surface area (TPSA) is 41.1 Å². The lowest BCUT2D eigenvalue weighted by Gasteiger charge is -2.08. The number of amides is 2. The summed E-state index contributed by atoms with van der Waals surface area (Å²) in [5, 5.41) is 5.60. The van der Waals surface area contributed by atoms with E-state index in [0.29, 0.717) is 19.5 Å². The largest absolute Gasteiger partial charge is 0.338 e. The summed E-state index contributed by atoms with van der Waals surface area (Å²) in [4.78, 5) is 11.7. The molecule has 22 heavy (non-hydrogen) atoms. The highest BCUT2D eigenvalue weighted by Crippen LogP contribution is 2.04. The molecule has 4 heteroatoms. The van der Waals surface area contributed by atoms with Crippen LogP contribution in [0.4, 0.5) is 9.18 Å². The number of aryl methyl sites for hydroxylation is 1. The van der Waals surface area contributed by atoms with Crippen molar-refractivity contribution in [3.63, 3.8) is 0 Å². The summed E-state index contributed by atoms with van der Waals surface area (Å²) in [6.07, 6.45) is 1.42. The molecule has 0 fully saturated rings. The SMILES string of the molecule is Cc1cccc(CCNC(=O)NCCc2cccc(F)c2)c1. The third-order valence-electron chi connectivity index (χ3n) is 3.37. The van der Waals surface area contributed by atoms with Crippen molar-refractivity contribution in [3.05, 3.63) is 71.0 Å². The third kappa shape index (κ3) is 5.56.